The smallest absolute Gasteiger partial charge is 0.0700 e. The van der Waals surface area contributed by atoms with E-state index in [1.807, 2.05) is 11.8 Å². The molecule has 20 heavy (non-hydrogen) atoms. The Balaban J connectivity index is 1.45. The molecular formula is C16H25NO2S. The van der Waals surface area contributed by atoms with Crippen molar-refractivity contribution in [2.75, 3.05) is 40.0 Å². The molecule has 0 radical (unpaired) electrons. The first kappa shape index (κ1) is 15.8. The Kier molecular flexibility index (Phi) is 7.44. The quantitative estimate of drug-likeness (QED) is 0.672. The maximum Gasteiger partial charge on any atom is 0.0700 e. The Morgan fingerprint density at radius 2 is 2.10 bits per heavy atom. The van der Waals surface area contributed by atoms with E-state index in [2.05, 4.69) is 29.6 Å². The zero-order valence-electron chi connectivity index (χ0n) is 12.3. The number of ether oxygens (including phenoxy) is 2. The lowest BCUT2D eigenvalue weighted by Gasteiger charge is -2.10. The standard InChI is InChI=1S/C16H25NO2S/c1-18-10-11-19-9-5-4-8-17-13-15-12-14-6-2-3-7-16(14)20-15/h2-3,6-7,15,17H,4-5,8-13H2,1H3. The van der Waals surface area contributed by atoms with Gasteiger partial charge in [-0.1, -0.05) is 18.2 Å². The summed E-state index contributed by atoms with van der Waals surface area (Å²) >= 11 is 2.01. The molecule has 112 valence electrons. The number of unbranched alkanes of at least 4 members (excludes halogenated alkanes) is 1. The Morgan fingerprint density at radius 3 is 2.95 bits per heavy atom. The van der Waals surface area contributed by atoms with E-state index in [0.29, 0.717) is 18.5 Å². The summed E-state index contributed by atoms with van der Waals surface area (Å²) in [7, 11) is 1.70. The van der Waals surface area contributed by atoms with Gasteiger partial charge in [-0.25, -0.2) is 0 Å². The highest BCUT2D eigenvalue weighted by Gasteiger charge is 2.20. The maximum atomic E-state index is 5.44. The van der Waals surface area contributed by atoms with E-state index in [0.717, 1.165) is 26.1 Å². The third kappa shape index (κ3) is 5.44. The second-order valence-corrected chi connectivity index (χ2v) is 6.41. The summed E-state index contributed by atoms with van der Waals surface area (Å²) in [6.45, 7) is 4.43. The first-order valence-electron chi connectivity index (χ1n) is 7.42. The molecule has 1 aliphatic heterocycles. The lowest BCUT2D eigenvalue weighted by Crippen LogP contribution is -2.25. The van der Waals surface area contributed by atoms with Gasteiger partial charge in [0.15, 0.2) is 0 Å². The SMILES string of the molecule is COCCOCCCCNCC1Cc2ccccc2S1. The Labute approximate surface area is 126 Å². The van der Waals surface area contributed by atoms with Crippen LogP contribution >= 0.6 is 11.8 Å². The normalized spacial score (nSPS) is 17.4. The van der Waals surface area contributed by atoms with Gasteiger partial charge in [-0.05, 0) is 37.4 Å². The van der Waals surface area contributed by atoms with Gasteiger partial charge in [0.05, 0.1) is 13.2 Å². The Hall–Kier alpha value is -0.550. The zero-order chi connectivity index (χ0) is 14.0. The van der Waals surface area contributed by atoms with Crippen LogP contribution in [0.1, 0.15) is 18.4 Å². The molecule has 1 atom stereocenters. The van der Waals surface area contributed by atoms with Gasteiger partial charge < -0.3 is 14.8 Å². The topological polar surface area (TPSA) is 30.5 Å². The van der Waals surface area contributed by atoms with Gasteiger partial charge in [-0.15, -0.1) is 11.8 Å². The molecule has 1 unspecified atom stereocenters. The molecule has 1 aromatic rings. The van der Waals surface area contributed by atoms with Gasteiger partial charge in [0.25, 0.3) is 0 Å². The summed E-state index contributed by atoms with van der Waals surface area (Å²) in [5, 5.41) is 4.26. The monoisotopic (exact) mass is 295 g/mol. The van der Waals surface area contributed by atoms with Gasteiger partial charge in [0.1, 0.15) is 0 Å². The highest BCUT2D eigenvalue weighted by molar-refractivity contribution is 8.00. The van der Waals surface area contributed by atoms with Crippen molar-refractivity contribution in [3.63, 3.8) is 0 Å². The van der Waals surface area contributed by atoms with E-state index in [-0.39, 0.29) is 0 Å². The molecule has 1 N–H and O–H groups in total. The summed E-state index contributed by atoms with van der Waals surface area (Å²) in [6.07, 6.45) is 3.50. The number of thioether (sulfide) groups is 1. The largest absolute Gasteiger partial charge is 0.382 e. The van der Waals surface area contributed by atoms with Crippen LogP contribution in [0.5, 0.6) is 0 Å². The molecule has 0 saturated heterocycles. The van der Waals surface area contributed by atoms with Crippen LogP contribution in [-0.2, 0) is 15.9 Å². The number of rotatable bonds is 10. The van der Waals surface area contributed by atoms with Crippen molar-refractivity contribution in [2.24, 2.45) is 0 Å². The van der Waals surface area contributed by atoms with Gasteiger partial charge in [-0.3, -0.25) is 0 Å². The van der Waals surface area contributed by atoms with Crippen molar-refractivity contribution in [3.8, 4) is 0 Å². The molecular weight excluding hydrogens is 270 g/mol. The van der Waals surface area contributed by atoms with Gasteiger partial charge in [-0.2, -0.15) is 0 Å². The van der Waals surface area contributed by atoms with Crippen LogP contribution in [0.3, 0.4) is 0 Å². The predicted molar refractivity (Wildman–Crippen MR) is 84.6 cm³/mol. The van der Waals surface area contributed by atoms with Crippen molar-refractivity contribution in [1.29, 1.82) is 0 Å². The van der Waals surface area contributed by atoms with Crippen LogP contribution in [0.15, 0.2) is 29.2 Å². The fourth-order valence-electron chi connectivity index (χ4n) is 2.33. The number of fused-ring (bicyclic) bond motifs is 1. The highest BCUT2D eigenvalue weighted by Crippen LogP contribution is 2.36. The summed E-state index contributed by atoms with van der Waals surface area (Å²) in [5.74, 6) is 0. The van der Waals surface area contributed by atoms with Crippen LogP contribution in [0.25, 0.3) is 0 Å². The van der Waals surface area contributed by atoms with E-state index in [1.54, 1.807) is 7.11 Å². The molecule has 4 heteroatoms. The minimum atomic E-state index is 0.692. The van der Waals surface area contributed by atoms with Gasteiger partial charge in [0.2, 0.25) is 0 Å². The van der Waals surface area contributed by atoms with Crippen LogP contribution in [-0.4, -0.2) is 45.3 Å². The van der Waals surface area contributed by atoms with Crippen LogP contribution < -0.4 is 5.32 Å². The van der Waals surface area contributed by atoms with Crippen molar-refractivity contribution >= 4 is 11.8 Å². The van der Waals surface area contributed by atoms with E-state index in [1.165, 1.54) is 23.3 Å². The number of benzene rings is 1. The average Bonchev–Trinajstić information content (AvgIpc) is 2.88. The number of nitrogens with one attached hydrogen (secondary N) is 1. The average molecular weight is 295 g/mol. The molecule has 0 aliphatic carbocycles. The second-order valence-electron chi connectivity index (χ2n) is 5.07. The Morgan fingerprint density at radius 1 is 1.20 bits per heavy atom. The molecule has 1 aliphatic rings. The fourth-order valence-corrected chi connectivity index (χ4v) is 3.61. The zero-order valence-corrected chi connectivity index (χ0v) is 13.1. The molecule has 0 saturated carbocycles. The van der Waals surface area contributed by atoms with Crippen molar-refractivity contribution in [2.45, 2.75) is 29.4 Å². The second kappa shape index (κ2) is 9.40. The highest BCUT2D eigenvalue weighted by atomic mass is 32.2. The fraction of sp³-hybridized carbons (Fsp3) is 0.625. The summed E-state index contributed by atoms with van der Waals surface area (Å²) in [4.78, 5) is 1.46. The van der Waals surface area contributed by atoms with Crippen molar-refractivity contribution in [1.82, 2.24) is 5.32 Å². The van der Waals surface area contributed by atoms with Crippen LogP contribution in [0, 0.1) is 0 Å². The van der Waals surface area contributed by atoms with E-state index in [9.17, 15) is 0 Å². The molecule has 3 nitrogen and oxygen atoms in total. The Bertz CT molecular complexity index is 361. The molecule has 0 fully saturated rings. The van der Waals surface area contributed by atoms with Crippen LogP contribution in [0.2, 0.25) is 0 Å². The van der Waals surface area contributed by atoms with E-state index >= 15 is 0 Å². The lowest BCUT2D eigenvalue weighted by molar-refractivity contribution is 0.0688. The first-order valence-corrected chi connectivity index (χ1v) is 8.30. The molecule has 2 rings (SSSR count). The summed E-state index contributed by atoms with van der Waals surface area (Å²) in [6, 6.07) is 8.75. The van der Waals surface area contributed by atoms with Crippen molar-refractivity contribution < 1.29 is 9.47 Å². The molecule has 0 bridgehead atoms. The summed E-state index contributed by atoms with van der Waals surface area (Å²) < 4.78 is 10.4. The van der Waals surface area contributed by atoms with E-state index < -0.39 is 0 Å². The van der Waals surface area contributed by atoms with Crippen molar-refractivity contribution in [3.05, 3.63) is 29.8 Å². The molecule has 0 amide bonds. The van der Waals surface area contributed by atoms with Gasteiger partial charge >= 0.3 is 0 Å². The number of hydrogen-bond donors (Lipinski definition) is 1. The number of hydrogen-bond acceptors (Lipinski definition) is 4. The maximum absolute atomic E-state index is 5.44. The van der Waals surface area contributed by atoms with Crippen LogP contribution in [0.4, 0.5) is 0 Å². The molecule has 1 heterocycles. The lowest BCUT2D eigenvalue weighted by atomic mass is 10.1. The van der Waals surface area contributed by atoms with E-state index in [4.69, 9.17) is 9.47 Å². The molecule has 0 aromatic heterocycles. The molecule has 0 spiro atoms. The first-order chi connectivity index (χ1) is 9.90. The predicted octanol–water partition coefficient (Wildman–Crippen LogP) is 2.74. The minimum Gasteiger partial charge on any atom is -0.382 e. The van der Waals surface area contributed by atoms with Gasteiger partial charge in [0, 0.05) is 30.4 Å². The third-order valence-corrected chi connectivity index (χ3v) is 4.73. The number of methoxy groups -OCH3 is 1. The minimum absolute atomic E-state index is 0.692. The summed E-state index contributed by atoms with van der Waals surface area (Å²) in [5.41, 5.74) is 1.51. The third-order valence-electron chi connectivity index (χ3n) is 3.41. The molecule has 1 aromatic carbocycles.